The number of nitrogens with zero attached hydrogens (tertiary/aromatic N) is 2. The molecule has 1 heterocycles. The third-order valence-corrected chi connectivity index (χ3v) is 4.82. The fourth-order valence-electron chi connectivity index (χ4n) is 1.44. The molecule has 1 atom stereocenters. The van der Waals surface area contributed by atoms with E-state index in [0.717, 1.165) is 17.3 Å². The van der Waals surface area contributed by atoms with E-state index >= 15 is 0 Å². The quantitative estimate of drug-likeness (QED) is 0.779. The first kappa shape index (κ1) is 15.9. The lowest BCUT2D eigenvalue weighted by atomic mass is 10.4. The highest BCUT2D eigenvalue weighted by molar-refractivity contribution is 7.89. The Kier molecular flexibility index (Phi) is 5.71. The molecule has 0 aliphatic heterocycles. The van der Waals surface area contributed by atoms with E-state index in [1.54, 1.807) is 6.92 Å². The Bertz CT molecular complexity index is 505. The van der Waals surface area contributed by atoms with Gasteiger partial charge in [-0.15, -0.1) is 0 Å². The van der Waals surface area contributed by atoms with Gasteiger partial charge in [-0.2, -0.15) is 4.31 Å². The molecule has 0 aliphatic rings. The van der Waals surface area contributed by atoms with Gasteiger partial charge in [-0.1, -0.05) is 6.92 Å². The normalized spacial score (nSPS) is 13.5. The van der Waals surface area contributed by atoms with E-state index in [1.165, 1.54) is 25.4 Å². The van der Waals surface area contributed by atoms with E-state index in [4.69, 9.17) is 5.11 Å². The lowest BCUT2D eigenvalue weighted by Gasteiger charge is -2.22. The van der Waals surface area contributed by atoms with Crippen molar-refractivity contribution < 1.29 is 13.5 Å². The lowest BCUT2D eigenvalue weighted by Crippen LogP contribution is -2.37. The van der Waals surface area contributed by atoms with Crippen LogP contribution < -0.4 is 5.32 Å². The zero-order valence-electron chi connectivity index (χ0n) is 11.5. The van der Waals surface area contributed by atoms with E-state index in [1.807, 2.05) is 6.92 Å². The highest BCUT2D eigenvalue weighted by Crippen LogP contribution is 2.18. The highest BCUT2D eigenvalue weighted by atomic mass is 32.2. The number of hydrogen-bond acceptors (Lipinski definition) is 5. The second-order valence-electron chi connectivity index (χ2n) is 4.36. The molecule has 0 aliphatic carbocycles. The molecule has 0 saturated heterocycles. The van der Waals surface area contributed by atoms with Gasteiger partial charge in [0.05, 0.1) is 11.5 Å². The van der Waals surface area contributed by atoms with Gasteiger partial charge >= 0.3 is 0 Å². The van der Waals surface area contributed by atoms with Gasteiger partial charge in [0.1, 0.15) is 5.82 Å². The molecule has 1 aromatic heterocycles. The van der Waals surface area contributed by atoms with Crippen LogP contribution in [-0.2, 0) is 10.0 Å². The van der Waals surface area contributed by atoms with Crippen molar-refractivity contribution in [3.05, 3.63) is 18.3 Å². The first-order valence-corrected chi connectivity index (χ1v) is 7.66. The lowest BCUT2D eigenvalue weighted by molar-refractivity contribution is 0.214. The fraction of sp³-hybridized carbons (Fsp3) is 0.583. The average Bonchev–Trinajstić information content (AvgIpc) is 2.43. The summed E-state index contributed by atoms with van der Waals surface area (Å²) in [6.45, 7) is 4.18. The predicted molar refractivity (Wildman–Crippen MR) is 74.5 cm³/mol. The number of aliphatic hydroxyl groups excluding tert-OH is 1. The van der Waals surface area contributed by atoms with Crippen molar-refractivity contribution in [3.63, 3.8) is 0 Å². The molecule has 0 spiro atoms. The van der Waals surface area contributed by atoms with Gasteiger partial charge in [0.2, 0.25) is 10.0 Å². The number of sulfonamides is 1. The number of aromatic nitrogens is 1. The van der Waals surface area contributed by atoms with E-state index in [9.17, 15) is 8.42 Å². The van der Waals surface area contributed by atoms with E-state index in [-0.39, 0.29) is 11.5 Å². The number of aliphatic hydroxyl groups is 1. The summed E-state index contributed by atoms with van der Waals surface area (Å²) in [6.07, 6.45) is 2.39. The zero-order chi connectivity index (χ0) is 14.5. The molecule has 0 amide bonds. The topological polar surface area (TPSA) is 82.5 Å². The fourth-order valence-corrected chi connectivity index (χ4v) is 2.81. The van der Waals surface area contributed by atoms with Crippen LogP contribution in [0, 0.1) is 0 Å². The zero-order valence-corrected chi connectivity index (χ0v) is 12.3. The summed E-state index contributed by atoms with van der Waals surface area (Å²) in [7, 11) is -2.15. The second-order valence-corrected chi connectivity index (χ2v) is 6.35. The summed E-state index contributed by atoms with van der Waals surface area (Å²) in [5.41, 5.74) is 0. The third-order valence-electron chi connectivity index (χ3n) is 2.85. The Labute approximate surface area is 114 Å². The Hall–Kier alpha value is -1.18. The van der Waals surface area contributed by atoms with Crippen LogP contribution in [-0.4, -0.2) is 49.1 Å². The van der Waals surface area contributed by atoms with Crippen LogP contribution in [0.4, 0.5) is 5.82 Å². The largest absolute Gasteiger partial charge is 0.395 e. The van der Waals surface area contributed by atoms with Crippen molar-refractivity contribution in [2.45, 2.75) is 31.2 Å². The average molecular weight is 287 g/mol. The molecular formula is C12H21N3O3S. The van der Waals surface area contributed by atoms with Crippen molar-refractivity contribution in [3.8, 4) is 0 Å². The van der Waals surface area contributed by atoms with Crippen molar-refractivity contribution in [1.82, 2.24) is 9.29 Å². The van der Waals surface area contributed by atoms with Gasteiger partial charge in [0.15, 0.2) is 0 Å². The van der Waals surface area contributed by atoms with E-state index in [0.29, 0.717) is 5.82 Å². The molecular weight excluding hydrogens is 266 g/mol. The van der Waals surface area contributed by atoms with Crippen molar-refractivity contribution >= 4 is 15.8 Å². The Morgan fingerprint density at radius 2 is 2.21 bits per heavy atom. The summed E-state index contributed by atoms with van der Waals surface area (Å²) in [5.74, 6) is 0.535. The third kappa shape index (κ3) is 3.89. The highest BCUT2D eigenvalue weighted by Gasteiger charge is 2.25. The standard InChI is InChI=1S/C12H21N3O3S/c1-4-6-13-12-8-11(5-7-14-12)19(17,18)15(3)10(2)9-16/h5,7-8,10,16H,4,6,9H2,1-3H3,(H,13,14). The minimum Gasteiger partial charge on any atom is -0.395 e. The molecule has 1 aromatic rings. The molecule has 7 heteroatoms. The van der Waals surface area contributed by atoms with Gasteiger partial charge in [-0.3, -0.25) is 0 Å². The van der Waals surface area contributed by atoms with Gasteiger partial charge in [-0.25, -0.2) is 13.4 Å². The van der Waals surface area contributed by atoms with Gasteiger partial charge < -0.3 is 10.4 Å². The van der Waals surface area contributed by atoms with Crippen LogP contribution in [0.1, 0.15) is 20.3 Å². The summed E-state index contributed by atoms with van der Waals surface area (Å²) in [5, 5.41) is 12.1. The monoisotopic (exact) mass is 287 g/mol. The van der Waals surface area contributed by atoms with Gasteiger partial charge in [-0.05, 0) is 19.4 Å². The van der Waals surface area contributed by atoms with Crippen molar-refractivity contribution in [2.75, 3.05) is 25.5 Å². The molecule has 0 radical (unpaired) electrons. The van der Waals surface area contributed by atoms with Crippen LogP contribution in [0.15, 0.2) is 23.2 Å². The second kappa shape index (κ2) is 6.83. The van der Waals surface area contributed by atoms with Crippen LogP contribution >= 0.6 is 0 Å². The number of rotatable bonds is 7. The summed E-state index contributed by atoms with van der Waals surface area (Å²) in [6, 6.07) is 2.49. The number of hydrogen-bond donors (Lipinski definition) is 2. The first-order valence-electron chi connectivity index (χ1n) is 6.22. The number of anilines is 1. The molecule has 1 unspecified atom stereocenters. The van der Waals surface area contributed by atoms with E-state index in [2.05, 4.69) is 10.3 Å². The Morgan fingerprint density at radius 1 is 1.53 bits per heavy atom. The number of likely N-dealkylation sites (N-methyl/N-ethyl adjacent to an activating group) is 1. The molecule has 2 N–H and O–H groups in total. The molecule has 0 aromatic carbocycles. The smallest absolute Gasteiger partial charge is 0.243 e. The molecule has 0 saturated carbocycles. The SMILES string of the molecule is CCCNc1cc(S(=O)(=O)N(C)C(C)CO)ccn1. The molecule has 6 nitrogen and oxygen atoms in total. The van der Waals surface area contributed by atoms with Crippen LogP contribution in [0.2, 0.25) is 0 Å². The number of pyridine rings is 1. The first-order chi connectivity index (χ1) is 8.93. The van der Waals surface area contributed by atoms with Crippen molar-refractivity contribution in [1.29, 1.82) is 0 Å². The Morgan fingerprint density at radius 3 is 2.79 bits per heavy atom. The number of nitrogens with one attached hydrogen (secondary N) is 1. The van der Waals surface area contributed by atoms with Gasteiger partial charge in [0.25, 0.3) is 0 Å². The van der Waals surface area contributed by atoms with Crippen LogP contribution in [0.5, 0.6) is 0 Å². The maximum Gasteiger partial charge on any atom is 0.243 e. The summed E-state index contributed by atoms with van der Waals surface area (Å²) in [4.78, 5) is 4.24. The summed E-state index contributed by atoms with van der Waals surface area (Å²) >= 11 is 0. The van der Waals surface area contributed by atoms with Crippen molar-refractivity contribution in [2.24, 2.45) is 0 Å². The minimum atomic E-state index is -3.60. The van der Waals surface area contributed by atoms with Gasteiger partial charge in [0, 0.05) is 31.9 Å². The molecule has 1 rings (SSSR count). The predicted octanol–water partition coefficient (Wildman–Crippen LogP) is 0.905. The van der Waals surface area contributed by atoms with Crippen LogP contribution in [0.3, 0.4) is 0 Å². The molecule has 19 heavy (non-hydrogen) atoms. The molecule has 0 bridgehead atoms. The molecule has 108 valence electrons. The van der Waals surface area contributed by atoms with E-state index < -0.39 is 16.1 Å². The summed E-state index contributed by atoms with van der Waals surface area (Å²) < 4.78 is 25.8. The maximum atomic E-state index is 12.3. The maximum absolute atomic E-state index is 12.3. The Balaban J connectivity index is 3.01. The minimum absolute atomic E-state index is 0.170. The van der Waals surface area contributed by atoms with Crippen LogP contribution in [0.25, 0.3) is 0 Å². The molecule has 0 fully saturated rings.